The standard InChI is InChI=1S/C13H17NO2/c1-9-4-5-10(2)12(8-9)14-7-6-11(3)13(15)16/h4-6,8,14H,7H2,1-3H3,(H,15,16)/b11-6-. The summed E-state index contributed by atoms with van der Waals surface area (Å²) in [6.45, 7) is 6.17. The fraction of sp³-hybridized carbons (Fsp3) is 0.308. The summed E-state index contributed by atoms with van der Waals surface area (Å²) in [4.78, 5) is 10.6. The van der Waals surface area contributed by atoms with Crippen LogP contribution in [-0.4, -0.2) is 17.6 Å². The number of nitrogens with one attached hydrogen (secondary N) is 1. The molecular weight excluding hydrogens is 202 g/mol. The number of carbonyl (C=O) groups is 1. The Morgan fingerprint density at radius 1 is 1.44 bits per heavy atom. The molecule has 16 heavy (non-hydrogen) atoms. The molecule has 0 aliphatic carbocycles. The minimum atomic E-state index is -0.872. The molecule has 86 valence electrons. The monoisotopic (exact) mass is 219 g/mol. The molecule has 0 aliphatic rings. The molecule has 1 rings (SSSR count). The molecule has 0 saturated carbocycles. The van der Waals surface area contributed by atoms with E-state index in [1.54, 1.807) is 13.0 Å². The Hall–Kier alpha value is -1.77. The first-order valence-electron chi connectivity index (χ1n) is 5.22. The number of benzene rings is 1. The van der Waals surface area contributed by atoms with Crippen LogP contribution in [0, 0.1) is 13.8 Å². The lowest BCUT2D eigenvalue weighted by Gasteiger charge is -2.08. The Balaban J connectivity index is 2.65. The first-order chi connectivity index (χ1) is 7.50. The van der Waals surface area contributed by atoms with Gasteiger partial charge in [0.25, 0.3) is 0 Å². The molecule has 0 fully saturated rings. The fourth-order valence-corrected chi connectivity index (χ4v) is 1.33. The molecule has 0 bridgehead atoms. The lowest BCUT2D eigenvalue weighted by atomic mass is 10.1. The summed E-state index contributed by atoms with van der Waals surface area (Å²) in [5, 5.41) is 11.9. The predicted molar refractivity (Wildman–Crippen MR) is 65.8 cm³/mol. The van der Waals surface area contributed by atoms with Gasteiger partial charge < -0.3 is 10.4 Å². The zero-order valence-corrected chi connectivity index (χ0v) is 9.87. The van der Waals surface area contributed by atoms with Crippen molar-refractivity contribution in [1.82, 2.24) is 0 Å². The summed E-state index contributed by atoms with van der Waals surface area (Å²) in [7, 11) is 0. The van der Waals surface area contributed by atoms with Gasteiger partial charge in [0.05, 0.1) is 0 Å². The van der Waals surface area contributed by atoms with Crippen LogP contribution in [-0.2, 0) is 4.79 Å². The van der Waals surface area contributed by atoms with E-state index in [1.165, 1.54) is 5.56 Å². The van der Waals surface area contributed by atoms with Crippen LogP contribution in [0.1, 0.15) is 18.1 Å². The van der Waals surface area contributed by atoms with E-state index in [9.17, 15) is 4.79 Å². The third kappa shape index (κ3) is 3.42. The van der Waals surface area contributed by atoms with Crippen LogP contribution in [0.2, 0.25) is 0 Å². The average Bonchev–Trinajstić information content (AvgIpc) is 2.22. The molecule has 0 amide bonds. The molecule has 0 atom stereocenters. The molecule has 0 spiro atoms. The highest BCUT2D eigenvalue weighted by molar-refractivity contribution is 5.85. The van der Waals surface area contributed by atoms with Crippen molar-refractivity contribution in [2.45, 2.75) is 20.8 Å². The Kier molecular flexibility index (Phi) is 4.11. The first-order valence-corrected chi connectivity index (χ1v) is 5.22. The van der Waals surface area contributed by atoms with Gasteiger partial charge in [-0.25, -0.2) is 4.79 Å². The van der Waals surface area contributed by atoms with Crippen LogP contribution in [0.5, 0.6) is 0 Å². The van der Waals surface area contributed by atoms with Crippen molar-refractivity contribution in [3.63, 3.8) is 0 Å². The van der Waals surface area contributed by atoms with Crippen LogP contribution in [0.25, 0.3) is 0 Å². The third-order valence-electron chi connectivity index (χ3n) is 2.43. The van der Waals surface area contributed by atoms with Crippen molar-refractivity contribution >= 4 is 11.7 Å². The molecule has 2 N–H and O–H groups in total. The number of aryl methyl sites for hydroxylation is 2. The molecule has 0 saturated heterocycles. The van der Waals surface area contributed by atoms with Gasteiger partial charge in [-0.05, 0) is 38.0 Å². The van der Waals surface area contributed by atoms with Gasteiger partial charge in [0.2, 0.25) is 0 Å². The third-order valence-corrected chi connectivity index (χ3v) is 2.43. The van der Waals surface area contributed by atoms with Gasteiger partial charge in [0.1, 0.15) is 0 Å². The average molecular weight is 219 g/mol. The largest absolute Gasteiger partial charge is 0.478 e. The summed E-state index contributed by atoms with van der Waals surface area (Å²) >= 11 is 0. The van der Waals surface area contributed by atoms with Gasteiger partial charge in [0, 0.05) is 17.8 Å². The summed E-state index contributed by atoms with van der Waals surface area (Å²) in [5.41, 5.74) is 3.76. The lowest BCUT2D eigenvalue weighted by molar-refractivity contribution is -0.132. The molecule has 1 aromatic carbocycles. The minimum Gasteiger partial charge on any atom is -0.478 e. The Morgan fingerprint density at radius 2 is 2.12 bits per heavy atom. The van der Waals surface area contributed by atoms with Crippen molar-refractivity contribution in [2.75, 3.05) is 11.9 Å². The second kappa shape index (κ2) is 5.35. The molecule has 1 aromatic rings. The SMILES string of the molecule is C/C(=C/CNc1cc(C)ccc1C)C(=O)O. The summed E-state index contributed by atoms with van der Waals surface area (Å²) in [6.07, 6.45) is 1.67. The molecule has 3 nitrogen and oxygen atoms in total. The normalized spacial score (nSPS) is 11.3. The van der Waals surface area contributed by atoms with E-state index in [-0.39, 0.29) is 0 Å². The van der Waals surface area contributed by atoms with Crippen LogP contribution in [0.3, 0.4) is 0 Å². The number of aliphatic carboxylic acids is 1. The van der Waals surface area contributed by atoms with E-state index in [0.717, 1.165) is 11.3 Å². The maximum absolute atomic E-state index is 10.6. The molecule has 0 aliphatic heterocycles. The van der Waals surface area contributed by atoms with Gasteiger partial charge in [-0.15, -0.1) is 0 Å². The smallest absolute Gasteiger partial charge is 0.331 e. The van der Waals surface area contributed by atoms with Crippen molar-refractivity contribution in [2.24, 2.45) is 0 Å². The van der Waals surface area contributed by atoms with Gasteiger partial charge in [-0.3, -0.25) is 0 Å². The van der Waals surface area contributed by atoms with Crippen molar-refractivity contribution in [3.8, 4) is 0 Å². The zero-order valence-electron chi connectivity index (χ0n) is 9.87. The summed E-state index contributed by atoms with van der Waals surface area (Å²) < 4.78 is 0. The zero-order chi connectivity index (χ0) is 12.1. The molecule has 0 radical (unpaired) electrons. The first kappa shape index (κ1) is 12.3. The lowest BCUT2D eigenvalue weighted by Crippen LogP contribution is -2.04. The van der Waals surface area contributed by atoms with Gasteiger partial charge in [0.15, 0.2) is 0 Å². The molecule has 0 aromatic heterocycles. The minimum absolute atomic E-state index is 0.359. The van der Waals surface area contributed by atoms with E-state index in [2.05, 4.69) is 17.4 Å². The maximum atomic E-state index is 10.6. The number of anilines is 1. The predicted octanol–water partition coefficient (Wildman–Crippen LogP) is 2.75. The van der Waals surface area contributed by atoms with Gasteiger partial charge >= 0.3 is 5.97 Å². The topological polar surface area (TPSA) is 49.3 Å². The van der Waals surface area contributed by atoms with Crippen LogP contribution in [0.4, 0.5) is 5.69 Å². The Morgan fingerprint density at radius 3 is 2.75 bits per heavy atom. The van der Waals surface area contributed by atoms with Gasteiger partial charge in [-0.2, -0.15) is 0 Å². The summed E-state index contributed by atoms with van der Waals surface area (Å²) in [5.74, 6) is -0.872. The molecular formula is C13H17NO2. The van der Waals surface area contributed by atoms with E-state index >= 15 is 0 Å². The Bertz CT molecular complexity index is 422. The van der Waals surface area contributed by atoms with Crippen LogP contribution < -0.4 is 5.32 Å². The quantitative estimate of drug-likeness (QED) is 0.765. The van der Waals surface area contributed by atoms with E-state index in [1.807, 2.05) is 19.9 Å². The van der Waals surface area contributed by atoms with Crippen LogP contribution in [0.15, 0.2) is 29.8 Å². The van der Waals surface area contributed by atoms with E-state index in [4.69, 9.17) is 5.11 Å². The van der Waals surface area contributed by atoms with E-state index < -0.39 is 5.97 Å². The maximum Gasteiger partial charge on any atom is 0.331 e. The molecule has 0 heterocycles. The van der Waals surface area contributed by atoms with Crippen molar-refractivity contribution in [1.29, 1.82) is 0 Å². The number of carboxylic acid groups (broad SMARTS) is 1. The Labute approximate surface area is 95.8 Å². The number of rotatable bonds is 4. The molecule has 3 heteroatoms. The fourth-order valence-electron chi connectivity index (χ4n) is 1.33. The van der Waals surface area contributed by atoms with Gasteiger partial charge in [-0.1, -0.05) is 18.2 Å². The number of hydrogen-bond acceptors (Lipinski definition) is 2. The number of hydrogen-bond donors (Lipinski definition) is 2. The van der Waals surface area contributed by atoms with E-state index in [0.29, 0.717) is 12.1 Å². The highest BCUT2D eigenvalue weighted by Crippen LogP contribution is 2.15. The second-order valence-electron chi connectivity index (χ2n) is 3.89. The summed E-state index contributed by atoms with van der Waals surface area (Å²) in [6, 6.07) is 6.16. The highest BCUT2D eigenvalue weighted by atomic mass is 16.4. The second-order valence-corrected chi connectivity index (χ2v) is 3.89. The van der Waals surface area contributed by atoms with Crippen LogP contribution >= 0.6 is 0 Å². The molecule has 0 unspecified atom stereocenters. The number of carboxylic acids is 1. The highest BCUT2D eigenvalue weighted by Gasteiger charge is 1.99. The van der Waals surface area contributed by atoms with Crippen molar-refractivity contribution < 1.29 is 9.90 Å². The van der Waals surface area contributed by atoms with Crippen molar-refractivity contribution in [3.05, 3.63) is 41.0 Å².